The van der Waals surface area contributed by atoms with Crippen LogP contribution in [0.1, 0.15) is 47.5 Å². The van der Waals surface area contributed by atoms with Crippen molar-refractivity contribution in [3.05, 3.63) is 0 Å². The summed E-state index contributed by atoms with van der Waals surface area (Å²) in [6, 6.07) is -0.0326. The summed E-state index contributed by atoms with van der Waals surface area (Å²) in [5.41, 5.74) is -0.385. The molecule has 0 aromatic rings. The van der Waals surface area contributed by atoms with Crippen molar-refractivity contribution in [1.29, 1.82) is 0 Å². The summed E-state index contributed by atoms with van der Waals surface area (Å²) in [6.07, 6.45) is 2.04. The molecule has 4 nitrogen and oxygen atoms in total. The van der Waals surface area contributed by atoms with Crippen molar-refractivity contribution < 1.29 is 9.53 Å². The zero-order valence-electron chi connectivity index (χ0n) is 13.2. The molecular formula is C15H30N2O2. The number of nitrogens with zero attached hydrogens (tertiary/aromatic N) is 2. The normalized spacial score (nSPS) is 21.1. The standard InChI is InChI=1S/C15H30N2O2/c1-6-16(7-2)11-12-17-10-8-9-13(17)14(18)19-15(3,4)5/h13H,6-12H2,1-5H3/t13-/m0/s1. The van der Waals surface area contributed by atoms with E-state index >= 15 is 0 Å². The Kier molecular flexibility index (Phi) is 6.27. The van der Waals surface area contributed by atoms with Gasteiger partial charge in [-0.2, -0.15) is 0 Å². The van der Waals surface area contributed by atoms with Gasteiger partial charge in [-0.15, -0.1) is 0 Å². The van der Waals surface area contributed by atoms with Crippen LogP contribution in [-0.2, 0) is 9.53 Å². The molecule has 1 aliphatic heterocycles. The second-order valence-corrected chi connectivity index (χ2v) is 6.25. The van der Waals surface area contributed by atoms with Crippen molar-refractivity contribution in [3.8, 4) is 0 Å². The second kappa shape index (κ2) is 7.25. The Morgan fingerprint density at radius 1 is 1.32 bits per heavy atom. The lowest BCUT2D eigenvalue weighted by atomic mass is 10.1. The first kappa shape index (κ1) is 16.4. The van der Waals surface area contributed by atoms with Crippen LogP contribution in [0.15, 0.2) is 0 Å². The average Bonchev–Trinajstić information content (AvgIpc) is 2.76. The van der Waals surface area contributed by atoms with E-state index in [-0.39, 0.29) is 17.6 Å². The average molecular weight is 270 g/mol. The second-order valence-electron chi connectivity index (χ2n) is 6.25. The fourth-order valence-electron chi connectivity index (χ4n) is 2.54. The Labute approximate surface area is 118 Å². The number of hydrogen-bond acceptors (Lipinski definition) is 4. The molecule has 1 atom stereocenters. The van der Waals surface area contributed by atoms with E-state index in [0.717, 1.165) is 45.6 Å². The molecule has 1 heterocycles. The zero-order chi connectivity index (χ0) is 14.5. The number of carbonyl (C=O) groups excluding carboxylic acids is 1. The fraction of sp³-hybridized carbons (Fsp3) is 0.933. The van der Waals surface area contributed by atoms with E-state index in [1.807, 2.05) is 20.8 Å². The molecule has 0 spiro atoms. The molecule has 0 aromatic heterocycles. The molecule has 112 valence electrons. The third-order valence-electron chi connectivity index (χ3n) is 3.64. The number of ether oxygens (including phenoxy) is 1. The maximum atomic E-state index is 12.2. The first-order chi connectivity index (χ1) is 8.87. The molecule has 1 rings (SSSR count). The molecule has 1 saturated heterocycles. The monoisotopic (exact) mass is 270 g/mol. The van der Waals surface area contributed by atoms with E-state index in [9.17, 15) is 4.79 Å². The van der Waals surface area contributed by atoms with Crippen molar-refractivity contribution in [2.75, 3.05) is 32.7 Å². The van der Waals surface area contributed by atoms with E-state index in [4.69, 9.17) is 4.74 Å². The van der Waals surface area contributed by atoms with Crippen molar-refractivity contribution in [2.24, 2.45) is 0 Å². The maximum absolute atomic E-state index is 12.2. The zero-order valence-corrected chi connectivity index (χ0v) is 13.2. The van der Waals surface area contributed by atoms with Gasteiger partial charge >= 0.3 is 5.97 Å². The van der Waals surface area contributed by atoms with Crippen LogP contribution in [0.3, 0.4) is 0 Å². The van der Waals surface area contributed by atoms with E-state index in [0.29, 0.717) is 0 Å². The highest BCUT2D eigenvalue weighted by Crippen LogP contribution is 2.20. The van der Waals surface area contributed by atoms with Crippen LogP contribution < -0.4 is 0 Å². The van der Waals surface area contributed by atoms with E-state index in [1.54, 1.807) is 0 Å². The number of hydrogen-bond donors (Lipinski definition) is 0. The van der Waals surface area contributed by atoms with Gasteiger partial charge in [0.05, 0.1) is 0 Å². The molecule has 0 saturated carbocycles. The minimum atomic E-state index is -0.385. The van der Waals surface area contributed by atoms with Crippen LogP contribution in [-0.4, -0.2) is 60.1 Å². The van der Waals surface area contributed by atoms with Gasteiger partial charge in [-0.25, -0.2) is 0 Å². The summed E-state index contributed by atoms with van der Waals surface area (Å²) in [6.45, 7) is 15.3. The van der Waals surface area contributed by atoms with Crippen LogP contribution in [0.25, 0.3) is 0 Å². The lowest BCUT2D eigenvalue weighted by Gasteiger charge is -2.29. The minimum absolute atomic E-state index is 0.0326. The van der Waals surface area contributed by atoms with Crippen LogP contribution in [0.2, 0.25) is 0 Å². The van der Waals surface area contributed by atoms with Crippen LogP contribution in [0.4, 0.5) is 0 Å². The predicted octanol–water partition coefficient (Wildman–Crippen LogP) is 2.13. The number of likely N-dealkylation sites (tertiary alicyclic amines) is 1. The first-order valence-corrected chi connectivity index (χ1v) is 7.56. The Morgan fingerprint density at radius 3 is 2.47 bits per heavy atom. The molecule has 1 aliphatic rings. The fourth-order valence-corrected chi connectivity index (χ4v) is 2.54. The van der Waals surface area contributed by atoms with Gasteiger partial charge in [0.15, 0.2) is 0 Å². The summed E-state index contributed by atoms with van der Waals surface area (Å²) in [5.74, 6) is -0.0513. The van der Waals surface area contributed by atoms with Gasteiger partial charge in [-0.3, -0.25) is 9.69 Å². The van der Waals surface area contributed by atoms with Gasteiger partial charge in [0.1, 0.15) is 11.6 Å². The summed E-state index contributed by atoms with van der Waals surface area (Å²) in [7, 11) is 0. The molecule has 0 aromatic carbocycles. The summed E-state index contributed by atoms with van der Waals surface area (Å²) in [4.78, 5) is 16.9. The molecule has 4 heteroatoms. The smallest absolute Gasteiger partial charge is 0.323 e. The van der Waals surface area contributed by atoms with Crippen LogP contribution >= 0.6 is 0 Å². The van der Waals surface area contributed by atoms with Crippen molar-refractivity contribution in [3.63, 3.8) is 0 Å². The van der Waals surface area contributed by atoms with Gasteiger partial charge in [0.2, 0.25) is 0 Å². The van der Waals surface area contributed by atoms with Crippen molar-refractivity contribution >= 4 is 5.97 Å². The lowest BCUT2D eigenvalue weighted by Crippen LogP contribution is -2.43. The molecule has 0 bridgehead atoms. The minimum Gasteiger partial charge on any atom is -0.459 e. The third kappa shape index (κ3) is 5.49. The van der Waals surface area contributed by atoms with Gasteiger partial charge in [0.25, 0.3) is 0 Å². The largest absolute Gasteiger partial charge is 0.459 e. The molecule has 0 amide bonds. The van der Waals surface area contributed by atoms with Crippen molar-refractivity contribution in [2.45, 2.75) is 59.1 Å². The molecule has 0 aliphatic carbocycles. The molecule has 0 unspecified atom stereocenters. The Hall–Kier alpha value is -0.610. The quantitative estimate of drug-likeness (QED) is 0.692. The number of likely N-dealkylation sites (N-methyl/N-ethyl adjacent to an activating group) is 1. The Morgan fingerprint density at radius 2 is 1.95 bits per heavy atom. The van der Waals surface area contributed by atoms with Gasteiger partial charge in [-0.05, 0) is 53.2 Å². The highest BCUT2D eigenvalue weighted by molar-refractivity contribution is 5.76. The van der Waals surface area contributed by atoms with Gasteiger partial charge in [-0.1, -0.05) is 13.8 Å². The first-order valence-electron chi connectivity index (χ1n) is 7.56. The Bertz CT molecular complexity index is 282. The van der Waals surface area contributed by atoms with Crippen molar-refractivity contribution in [1.82, 2.24) is 9.80 Å². The van der Waals surface area contributed by atoms with Gasteiger partial charge in [0, 0.05) is 13.1 Å². The van der Waals surface area contributed by atoms with Crippen LogP contribution in [0.5, 0.6) is 0 Å². The maximum Gasteiger partial charge on any atom is 0.323 e. The molecule has 0 N–H and O–H groups in total. The Balaban J connectivity index is 2.47. The summed E-state index contributed by atoms with van der Waals surface area (Å²) < 4.78 is 5.52. The highest BCUT2D eigenvalue weighted by atomic mass is 16.6. The number of rotatable bonds is 6. The predicted molar refractivity (Wildman–Crippen MR) is 78.2 cm³/mol. The molecule has 1 fully saturated rings. The number of esters is 1. The SMILES string of the molecule is CCN(CC)CCN1CCC[C@H]1C(=O)OC(C)(C)C. The van der Waals surface area contributed by atoms with E-state index in [2.05, 4.69) is 23.6 Å². The summed E-state index contributed by atoms with van der Waals surface area (Å²) in [5, 5.41) is 0. The molecule has 0 radical (unpaired) electrons. The lowest BCUT2D eigenvalue weighted by molar-refractivity contribution is -0.160. The third-order valence-corrected chi connectivity index (χ3v) is 3.64. The summed E-state index contributed by atoms with van der Waals surface area (Å²) >= 11 is 0. The topological polar surface area (TPSA) is 32.8 Å². The number of carbonyl (C=O) groups is 1. The highest BCUT2D eigenvalue weighted by Gasteiger charge is 2.33. The van der Waals surface area contributed by atoms with E-state index < -0.39 is 0 Å². The molecule has 19 heavy (non-hydrogen) atoms. The molecular weight excluding hydrogens is 240 g/mol. The van der Waals surface area contributed by atoms with E-state index in [1.165, 1.54) is 0 Å². The van der Waals surface area contributed by atoms with Crippen LogP contribution in [0, 0.1) is 0 Å². The van der Waals surface area contributed by atoms with Gasteiger partial charge < -0.3 is 9.64 Å².